The molecule has 0 bridgehead atoms. The molecule has 3 aliphatic rings. The number of hydrogen-bond acceptors (Lipinski definition) is 3. The molecule has 21 heavy (non-hydrogen) atoms. The second-order valence-electron chi connectivity index (χ2n) is 7.88. The lowest BCUT2D eigenvalue weighted by Crippen LogP contribution is -2.41. The predicted octanol–water partition coefficient (Wildman–Crippen LogP) is 2.53. The van der Waals surface area contributed by atoms with Gasteiger partial charge in [-0.05, 0) is 83.7 Å². The second-order valence-corrected chi connectivity index (χ2v) is 7.88. The van der Waals surface area contributed by atoms with Gasteiger partial charge in [0, 0.05) is 19.6 Å². The van der Waals surface area contributed by atoms with E-state index < -0.39 is 0 Å². The van der Waals surface area contributed by atoms with Crippen molar-refractivity contribution in [2.75, 3.05) is 59.4 Å². The number of likely N-dealkylation sites (tertiary alicyclic amines) is 3. The summed E-state index contributed by atoms with van der Waals surface area (Å²) in [6, 6.07) is 0. The molecular formula is C18H35N3. The van der Waals surface area contributed by atoms with Crippen molar-refractivity contribution in [3.63, 3.8) is 0 Å². The van der Waals surface area contributed by atoms with E-state index in [1.807, 2.05) is 0 Å². The molecule has 122 valence electrons. The summed E-state index contributed by atoms with van der Waals surface area (Å²) in [4.78, 5) is 8.01. The standard InChI is InChI=1S/C18H35N3/c1-19-11-6-18(14-19)16-21-12-7-17(8-13-21)15-20-9-4-2-3-5-10-20/h17-18H,2-16H2,1H3. The highest BCUT2D eigenvalue weighted by Crippen LogP contribution is 2.23. The van der Waals surface area contributed by atoms with E-state index in [2.05, 4.69) is 21.7 Å². The van der Waals surface area contributed by atoms with E-state index in [4.69, 9.17) is 0 Å². The van der Waals surface area contributed by atoms with Crippen LogP contribution in [0.25, 0.3) is 0 Å². The molecule has 3 heterocycles. The average Bonchev–Trinajstić information content (AvgIpc) is 2.74. The molecule has 3 aliphatic heterocycles. The van der Waals surface area contributed by atoms with E-state index in [1.165, 1.54) is 97.3 Å². The summed E-state index contributed by atoms with van der Waals surface area (Å²) in [7, 11) is 2.27. The summed E-state index contributed by atoms with van der Waals surface area (Å²) in [5.41, 5.74) is 0. The number of nitrogens with zero attached hydrogens (tertiary/aromatic N) is 3. The van der Waals surface area contributed by atoms with Crippen molar-refractivity contribution in [3.8, 4) is 0 Å². The van der Waals surface area contributed by atoms with Crippen LogP contribution < -0.4 is 0 Å². The monoisotopic (exact) mass is 293 g/mol. The molecule has 0 spiro atoms. The van der Waals surface area contributed by atoms with Crippen LogP contribution in [0.3, 0.4) is 0 Å². The fourth-order valence-electron chi connectivity index (χ4n) is 4.58. The number of rotatable bonds is 4. The summed E-state index contributed by atoms with van der Waals surface area (Å²) < 4.78 is 0. The van der Waals surface area contributed by atoms with Crippen LogP contribution in [0.4, 0.5) is 0 Å². The Balaban J connectivity index is 1.34. The predicted molar refractivity (Wildman–Crippen MR) is 89.7 cm³/mol. The SMILES string of the molecule is CN1CCC(CN2CCC(CN3CCCCCC3)CC2)C1. The van der Waals surface area contributed by atoms with Crippen LogP contribution in [0.2, 0.25) is 0 Å². The van der Waals surface area contributed by atoms with Crippen LogP contribution in [0.15, 0.2) is 0 Å². The Hall–Kier alpha value is -0.120. The largest absolute Gasteiger partial charge is 0.306 e. The lowest BCUT2D eigenvalue weighted by molar-refractivity contribution is 0.132. The Kier molecular flexibility index (Phi) is 5.96. The first-order valence-electron chi connectivity index (χ1n) is 9.43. The van der Waals surface area contributed by atoms with Gasteiger partial charge in [-0.15, -0.1) is 0 Å². The molecule has 1 atom stereocenters. The molecule has 0 radical (unpaired) electrons. The fraction of sp³-hybridized carbons (Fsp3) is 1.00. The van der Waals surface area contributed by atoms with E-state index >= 15 is 0 Å². The number of piperidine rings is 1. The van der Waals surface area contributed by atoms with Crippen molar-refractivity contribution in [1.82, 2.24) is 14.7 Å². The molecule has 0 saturated carbocycles. The van der Waals surface area contributed by atoms with Gasteiger partial charge in [0.25, 0.3) is 0 Å². The molecule has 0 amide bonds. The van der Waals surface area contributed by atoms with Gasteiger partial charge in [-0.2, -0.15) is 0 Å². The summed E-state index contributed by atoms with van der Waals surface area (Å²) in [6.45, 7) is 10.9. The van der Waals surface area contributed by atoms with Gasteiger partial charge in [0.1, 0.15) is 0 Å². The minimum absolute atomic E-state index is 0.942. The van der Waals surface area contributed by atoms with Gasteiger partial charge in [-0.3, -0.25) is 0 Å². The van der Waals surface area contributed by atoms with E-state index in [9.17, 15) is 0 Å². The lowest BCUT2D eigenvalue weighted by Gasteiger charge is -2.35. The minimum Gasteiger partial charge on any atom is -0.306 e. The fourth-order valence-corrected chi connectivity index (χ4v) is 4.58. The Morgan fingerprint density at radius 1 is 0.667 bits per heavy atom. The van der Waals surface area contributed by atoms with Crippen molar-refractivity contribution < 1.29 is 0 Å². The zero-order chi connectivity index (χ0) is 14.5. The van der Waals surface area contributed by atoms with Gasteiger partial charge in [0.05, 0.1) is 0 Å². The van der Waals surface area contributed by atoms with E-state index in [1.54, 1.807) is 0 Å². The first-order chi connectivity index (χ1) is 10.3. The van der Waals surface area contributed by atoms with Gasteiger partial charge < -0.3 is 14.7 Å². The molecule has 0 aromatic heterocycles. The second kappa shape index (κ2) is 7.94. The maximum atomic E-state index is 2.76. The average molecular weight is 293 g/mol. The maximum absolute atomic E-state index is 2.76. The summed E-state index contributed by atoms with van der Waals surface area (Å²) in [5, 5.41) is 0. The van der Waals surface area contributed by atoms with Gasteiger partial charge >= 0.3 is 0 Å². The molecule has 0 aliphatic carbocycles. The van der Waals surface area contributed by atoms with E-state index in [-0.39, 0.29) is 0 Å². The highest BCUT2D eigenvalue weighted by Gasteiger charge is 2.26. The Labute approximate surface area is 131 Å². The van der Waals surface area contributed by atoms with Gasteiger partial charge in [-0.1, -0.05) is 12.8 Å². The van der Waals surface area contributed by atoms with Crippen LogP contribution in [-0.2, 0) is 0 Å². The van der Waals surface area contributed by atoms with Crippen LogP contribution in [0.5, 0.6) is 0 Å². The molecule has 3 heteroatoms. The third-order valence-electron chi connectivity index (χ3n) is 5.93. The van der Waals surface area contributed by atoms with Crippen molar-refractivity contribution in [1.29, 1.82) is 0 Å². The molecule has 0 aromatic carbocycles. The highest BCUT2D eigenvalue weighted by atomic mass is 15.2. The van der Waals surface area contributed by atoms with Crippen LogP contribution in [0, 0.1) is 11.8 Å². The van der Waals surface area contributed by atoms with Crippen molar-refractivity contribution >= 4 is 0 Å². The van der Waals surface area contributed by atoms with Crippen molar-refractivity contribution in [3.05, 3.63) is 0 Å². The van der Waals surface area contributed by atoms with Crippen LogP contribution in [-0.4, -0.2) is 74.1 Å². The summed E-state index contributed by atoms with van der Waals surface area (Å²) in [6.07, 6.45) is 10.1. The zero-order valence-electron chi connectivity index (χ0n) is 14.1. The first-order valence-corrected chi connectivity index (χ1v) is 9.43. The summed E-state index contributed by atoms with van der Waals surface area (Å²) >= 11 is 0. The molecule has 3 fully saturated rings. The molecule has 1 unspecified atom stereocenters. The molecule has 3 nitrogen and oxygen atoms in total. The topological polar surface area (TPSA) is 9.72 Å². The van der Waals surface area contributed by atoms with E-state index in [0.717, 1.165) is 11.8 Å². The van der Waals surface area contributed by atoms with Crippen LogP contribution in [0.1, 0.15) is 44.9 Å². The molecular weight excluding hydrogens is 258 g/mol. The third-order valence-corrected chi connectivity index (χ3v) is 5.93. The quantitative estimate of drug-likeness (QED) is 0.788. The lowest BCUT2D eigenvalue weighted by atomic mass is 9.95. The van der Waals surface area contributed by atoms with Gasteiger partial charge in [0.2, 0.25) is 0 Å². The first kappa shape index (κ1) is 15.8. The summed E-state index contributed by atoms with van der Waals surface area (Å²) in [5.74, 6) is 1.92. The highest BCUT2D eigenvalue weighted by molar-refractivity contribution is 4.80. The normalized spacial score (nSPS) is 31.6. The maximum Gasteiger partial charge on any atom is 0.00224 e. The van der Waals surface area contributed by atoms with Crippen molar-refractivity contribution in [2.24, 2.45) is 11.8 Å². The van der Waals surface area contributed by atoms with Crippen LogP contribution >= 0.6 is 0 Å². The number of hydrogen-bond donors (Lipinski definition) is 0. The Morgan fingerprint density at radius 2 is 1.24 bits per heavy atom. The van der Waals surface area contributed by atoms with Crippen molar-refractivity contribution in [2.45, 2.75) is 44.9 Å². The smallest absolute Gasteiger partial charge is 0.00224 e. The molecule has 0 aromatic rings. The third kappa shape index (κ3) is 4.94. The minimum atomic E-state index is 0.942. The molecule has 3 saturated heterocycles. The Bertz CT molecular complexity index is 291. The zero-order valence-corrected chi connectivity index (χ0v) is 14.1. The molecule has 3 rings (SSSR count). The van der Waals surface area contributed by atoms with Gasteiger partial charge in [-0.25, -0.2) is 0 Å². The molecule has 0 N–H and O–H groups in total. The van der Waals surface area contributed by atoms with Gasteiger partial charge in [0.15, 0.2) is 0 Å². The Morgan fingerprint density at radius 3 is 1.86 bits per heavy atom. The van der Waals surface area contributed by atoms with E-state index in [0.29, 0.717) is 0 Å².